The van der Waals surface area contributed by atoms with Crippen LogP contribution in [-0.4, -0.2) is 81.5 Å². The molecule has 2 saturated heterocycles. The molecule has 6 atom stereocenters. The highest BCUT2D eigenvalue weighted by Gasteiger charge is 2.71. The van der Waals surface area contributed by atoms with Gasteiger partial charge in [-0.3, -0.25) is 14.4 Å². The Morgan fingerprint density at radius 3 is 2.40 bits per heavy atom. The molecule has 8 nitrogen and oxygen atoms in total. The molecule has 0 aliphatic carbocycles. The monoisotopic (exact) mass is 601 g/mol. The van der Waals surface area contributed by atoms with Crippen molar-refractivity contribution in [1.82, 2.24) is 9.80 Å². The van der Waals surface area contributed by atoms with Gasteiger partial charge in [-0.1, -0.05) is 68.5 Å². The lowest BCUT2D eigenvalue weighted by Gasteiger charge is -2.39. The van der Waals surface area contributed by atoms with Gasteiger partial charge in [0.25, 0.3) is 5.91 Å². The molecule has 0 saturated carbocycles. The van der Waals surface area contributed by atoms with Gasteiger partial charge in [-0.25, -0.2) is 0 Å². The number of amides is 3. The number of thioether (sulfide) groups is 1. The SMILES string of the molecule is COc1ccc(N2CC=C[C@]34S[C@@H]5C=CCN(Cc6ccccc6)C(=O)[C@@H]5[C@H]3C(=O)N([C@@H](CO)CC(C)C)C4C2=O)cc1. The predicted molar refractivity (Wildman–Crippen MR) is 168 cm³/mol. The van der Waals surface area contributed by atoms with Crippen LogP contribution in [0, 0.1) is 17.8 Å². The molecule has 43 heavy (non-hydrogen) atoms. The van der Waals surface area contributed by atoms with Crippen LogP contribution in [0.15, 0.2) is 78.9 Å². The van der Waals surface area contributed by atoms with Gasteiger partial charge in [0.2, 0.25) is 11.8 Å². The van der Waals surface area contributed by atoms with Crippen molar-refractivity contribution in [1.29, 1.82) is 0 Å². The molecule has 4 aliphatic heterocycles. The molecule has 0 bridgehead atoms. The highest BCUT2D eigenvalue weighted by atomic mass is 32.2. The Kier molecular flexibility index (Phi) is 8.13. The number of likely N-dealkylation sites (tertiary alicyclic amines) is 1. The lowest BCUT2D eigenvalue weighted by molar-refractivity contribution is -0.145. The molecule has 2 fully saturated rings. The number of hydrogen-bond acceptors (Lipinski definition) is 6. The van der Waals surface area contributed by atoms with Gasteiger partial charge in [0.1, 0.15) is 11.8 Å². The Morgan fingerprint density at radius 1 is 0.977 bits per heavy atom. The predicted octanol–water partition coefficient (Wildman–Crippen LogP) is 3.90. The fraction of sp³-hybridized carbons (Fsp3) is 0.441. The first kappa shape index (κ1) is 29.5. The number of rotatable bonds is 8. The number of ether oxygens (including phenoxy) is 1. The van der Waals surface area contributed by atoms with E-state index in [9.17, 15) is 19.5 Å². The van der Waals surface area contributed by atoms with E-state index in [1.165, 1.54) is 0 Å². The first-order valence-corrected chi connectivity index (χ1v) is 15.9. The Labute approximate surface area is 257 Å². The number of fused-ring (bicyclic) bond motifs is 2. The molecular formula is C34H39N3O5S. The molecule has 1 N–H and O–H groups in total. The Balaban J connectivity index is 1.42. The van der Waals surface area contributed by atoms with Gasteiger partial charge >= 0.3 is 0 Å². The number of carbonyl (C=O) groups is 3. The molecule has 1 unspecified atom stereocenters. The number of hydrogen-bond donors (Lipinski definition) is 1. The van der Waals surface area contributed by atoms with Crippen LogP contribution in [0.25, 0.3) is 0 Å². The molecule has 4 aliphatic rings. The molecule has 0 radical (unpaired) electrons. The standard InChI is InChI=1S/C34H39N3O5S/c1-22(2)19-25(21-38)37-30-33(41)36(24-12-14-26(42-3)15-13-24)18-8-16-34(30)29(32(37)40)28-27(43-34)11-7-17-35(31(28)39)20-23-9-5-4-6-10-23/h4-16,22,25,27-30,38H,17-21H2,1-3H3/t25-,27-,28+,29+,30?,34+/m1/s1. The second-order valence-electron chi connectivity index (χ2n) is 12.2. The molecule has 4 heterocycles. The van der Waals surface area contributed by atoms with E-state index < -0.39 is 28.7 Å². The molecule has 6 rings (SSSR count). The number of benzene rings is 2. The van der Waals surface area contributed by atoms with E-state index >= 15 is 0 Å². The zero-order valence-corrected chi connectivity index (χ0v) is 25.7. The quantitative estimate of drug-likeness (QED) is 0.462. The molecule has 2 aromatic rings. The van der Waals surface area contributed by atoms with Crippen LogP contribution in [0.3, 0.4) is 0 Å². The lowest BCUT2D eigenvalue weighted by atomic mass is 9.78. The van der Waals surface area contributed by atoms with Crippen molar-refractivity contribution in [3.8, 4) is 5.75 Å². The first-order chi connectivity index (χ1) is 20.8. The molecule has 2 aromatic carbocycles. The maximum absolute atomic E-state index is 14.7. The van der Waals surface area contributed by atoms with Crippen LogP contribution in [0.1, 0.15) is 25.8 Å². The van der Waals surface area contributed by atoms with Crippen molar-refractivity contribution in [3.63, 3.8) is 0 Å². The topological polar surface area (TPSA) is 90.4 Å². The summed E-state index contributed by atoms with van der Waals surface area (Å²) in [6.45, 7) is 5.09. The fourth-order valence-corrected chi connectivity index (χ4v) is 9.28. The van der Waals surface area contributed by atoms with Crippen molar-refractivity contribution in [2.45, 2.75) is 48.9 Å². The fourth-order valence-electron chi connectivity index (χ4n) is 7.28. The number of nitrogens with zero attached hydrogens (tertiary/aromatic N) is 3. The van der Waals surface area contributed by atoms with Crippen LogP contribution in [0.2, 0.25) is 0 Å². The maximum atomic E-state index is 14.7. The Bertz CT molecular complexity index is 1430. The van der Waals surface area contributed by atoms with E-state index in [0.717, 1.165) is 5.56 Å². The van der Waals surface area contributed by atoms with E-state index in [2.05, 4.69) is 6.08 Å². The minimum absolute atomic E-state index is 0.0660. The number of carbonyl (C=O) groups excluding carboxylic acids is 3. The summed E-state index contributed by atoms with van der Waals surface area (Å²) in [5, 5.41) is 10.4. The molecule has 1 spiro atoms. The van der Waals surface area contributed by atoms with Crippen LogP contribution in [-0.2, 0) is 20.9 Å². The van der Waals surface area contributed by atoms with Crippen LogP contribution in [0.4, 0.5) is 5.69 Å². The van der Waals surface area contributed by atoms with E-state index in [4.69, 9.17) is 4.74 Å². The number of anilines is 1. The summed E-state index contributed by atoms with van der Waals surface area (Å²) in [7, 11) is 1.60. The van der Waals surface area contributed by atoms with E-state index in [1.54, 1.807) is 28.7 Å². The van der Waals surface area contributed by atoms with Gasteiger partial charge in [0, 0.05) is 30.6 Å². The van der Waals surface area contributed by atoms with Crippen molar-refractivity contribution in [2.75, 3.05) is 31.7 Å². The van der Waals surface area contributed by atoms with E-state index in [0.29, 0.717) is 37.5 Å². The summed E-state index contributed by atoms with van der Waals surface area (Å²) < 4.78 is 4.38. The third kappa shape index (κ3) is 5.06. The smallest absolute Gasteiger partial charge is 0.251 e. The number of aliphatic hydroxyl groups excluding tert-OH is 1. The highest BCUT2D eigenvalue weighted by molar-refractivity contribution is 8.02. The maximum Gasteiger partial charge on any atom is 0.251 e. The number of aliphatic hydroxyl groups is 1. The summed E-state index contributed by atoms with van der Waals surface area (Å²) in [6.07, 6.45) is 8.62. The average Bonchev–Trinajstić information content (AvgIpc) is 3.34. The summed E-state index contributed by atoms with van der Waals surface area (Å²) in [5.41, 5.74) is 1.73. The third-order valence-electron chi connectivity index (χ3n) is 9.13. The molecular weight excluding hydrogens is 562 g/mol. The second-order valence-corrected chi connectivity index (χ2v) is 13.7. The van der Waals surface area contributed by atoms with Crippen molar-refractivity contribution in [2.24, 2.45) is 17.8 Å². The largest absolute Gasteiger partial charge is 0.497 e. The van der Waals surface area contributed by atoms with Crippen LogP contribution >= 0.6 is 11.8 Å². The van der Waals surface area contributed by atoms with Gasteiger partial charge in [-0.05, 0) is 42.2 Å². The second kappa shape index (κ2) is 11.8. The highest BCUT2D eigenvalue weighted by Crippen LogP contribution is 2.61. The minimum Gasteiger partial charge on any atom is -0.497 e. The zero-order valence-electron chi connectivity index (χ0n) is 24.8. The minimum atomic E-state index is -0.940. The zero-order chi connectivity index (χ0) is 30.3. The van der Waals surface area contributed by atoms with Gasteiger partial charge in [0.05, 0.1) is 36.3 Å². The Hall–Kier alpha value is -3.56. The molecule has 3 amide bonds. The van der Waals surface area contributed by atoms with E-state index in [1.807, 2.05) is 91.6 Å². The summed E-state index contributed by atoms with van der Waals surface area (Å²) in [4.78, 5) is 48.9. The first-order valence-electron chi connectivity index (χ1n) is 15.0. The van der Waals surface area contributed by atoms with Crippen molar-refractivity contribution in [3.05, 3.63) is 84.5 Å². The van der Waals surface area contributed by atoms with Gasteiger partial charge in [-0.15, -0.1) is 11.8 Å². The summed E-state index contributed by atoms with van der Waals surface area (Å²) in [6, 6.07) is 15.8. The lowest BCUT2D eigenvalue weighted by Crippen LogP contribution is -2.57. The summed E-state index contributed by atoms with van der Waals surface area (Å²) in [5.74, 6) is -0.945. The van der Waals surface area contributed by atoms with Gasteiger partial charge in [0.15, 0.2) is 0 Å². The van der Waals surface area contributed by atoms with E-state index in [-0.39, 0.29) is 35.5 Å². The molecule has 226 valence electrons. The normalized spacial score (nSPS) is 29.0. The van der Waals surface area contributed by atoms with Crippen LogP contribution < -0.4 is 9.64 Å². The molecule has 0 aromatic heterocycles. The third-order valence-corrected chi connectivity index (χ3v) is 10.9. The van der Waals surface area contributed by atoms with Crippen molar-refractivity contribution >= 4 is 35.2 Å². The van der Waals surface area contributed by atoms with Gasteiger partial charge in [-0.2, -0.15) is 0 Å². The average molecular weight is 602 g/mol. The van der Waals surface area contributed by atoms with Crippen LogP contribution in [0.5, 0.6) is 5.75 Å². The molecule has 9 heteroatoms. The van der Waals surface area contributed by atoms with Gasteiger partial charge < -0.3 is 24.5 Å². The number of methoxy groups -OCH3 is 1. The summed E-state index contributed by atoms with van der Waals surface area (Å²) >= 11 is 1.56. The Morgan fingerprint density at radius 2 is 1.72 bits per heavy atom. The van der Waals surface area contributed by atoms with Crippen molar-refractivity contribution < 1.29 is 24.2 Å².